The predicted octanol–water partition coefficient (Wildman–Crippen LogP) is 2.89. The van der Waals surface area contributed by atoms with Crippen LogP contribution in [0.1, 0.15) is 25.7 Å². The molecule has 0 heterocycles. The van der Waals surface area contributed by atoms with Crippen molar-refractivity contribution in [2.24, 2.45) is 5.73 Å². The summed E-state index contributed by atoms with van der Waals surface area (Å²) in [4.78, 5) is 11.1. The third kappa shape index (κ3) is 10.3. The van der Waals surface area contributed by atoms with Gasteiger partial charge < -0.3 is 15.8 Å². The highest BCUT2D eigenvalue weighted by molar-refractivity contribution is 7.91. The molecule has 0 aromatic heterocycles. The summed E-state index contributed by atoms with van der Waals surface area (Å²) in [5.74, 6) is -0.870. The SMILES string of the molecule is NC/C(=C\F)COc1ccc(S(=O)(=O)CCCCCNC(=O)CC(F)(F)F)cc1. The fourth-order valence-electron chi connectivity index (χ4n) is 2.24. The van der Waals surface area contributed by atoms with Crippen molar-refractivity contribution in [1.82, 2.24) is 5.32 Å². The molecule has 164 valence electrons. The number of hydrogen-bond acceptors (Lipinski definition) is 5. The van der Waals surface area contributed by atoms with E-state index < -0.39 is 28.3 Å². The number of nitrogens with two attached hydrogens (primary N) is 1. The molecule has 29 heavy (non-hydrogen) atoms. The number of hydrogen-bond donors (Lipinski definition) is 2. The smallest absolute Gasteiger partial charge is 0.397 e. The zero-order valence-electron chi connectivity index (χ0n) is 15.7. The number of carbonyl (C=O) groups excluding carboxylic acids is 1. The Labute approximate surface area is 167 Å². The Morgan fingerprint density at radius 2 is 1.79 bits per heavy atom. The molecular weight excluding hydrogens is 416 g/mol. The van der Waals surface area contributed by atoms with Crippen molar-refractivity contribution in [3.8, 4) is 5.75 Å². The van der Waals surface area contributed by atoms with Crippen LogP contribution in [0.15, 0.2) is 41.1 Å². The summed E-state index contributed by atoms with van der Waals surface area (Å²) in [7, 11) is -3.53. The number of amides is 1. The van der Waals surface area contributed by atoms with Gasteiger partial charge in [-0.1, -0.05) is 6.42 Å². The lowest BCUT2D eigenvalue weighted by Gasteiger charge is -2.09. The lowest BCUT2D eigenvalue weighted by atomic mass is 10.2. The number of halogens is 4. The molecule has 11 heteroatoms. The molecule has 1 aromatic rings. The molecular formula is C18H24F4N2O4S. The van der Waals surface area contributed by atoms with Crippen molar-refractivity contribution in [2.75, 3.05) is 25.4 Å². The number of benzene rings is 1. The second-order valence-electron chi connectivity index (χ2n) is 6.25. The van der Waals surface area contributed by atoms with Gasteiger partial charge in [-0.2, -0.15) is 13.2 Å². The van der Waals surface area contributed by atoms with Gasteiger partial charge in [0, 0.05) is 18.7 Å². The average molecular weight is 440 g/mol. The number of ether oxygens (including phenoxy) is 1. The largest absolute Gasteiger partial charge is 0.489 e. The van der Waals surface area contributed by atoms with Gasteiger partial charge in [0.1, 0.15) is 18.8 Å². The highest BCUT2D eigenvalue weighted by Crippen LogP contribution is 2.20. The monoisotopic (exact) mass is 440 g/mol. The molecule has 0 saturated heterocycles. The number of alkyl halides is 3. The standard InChI is InChI=1S/C18H24F4N2O4S/c19-11-14(12-23)13-28-15-4-6-16(7-5-15)29(26,27)9-3-1-2-8-24-17(25)10-18(20,21)22/h4-7,11H,1-3,8-10,12-13,23H2,(H,24,25)/b14-11+. The fourth-order valence-corrected chi connectivity index (χ4v) is 3.61. The Balaban J connectivity index is 2.37. The molecule has 0 aliphatic heterocycles. The first-order valence-electron chi connectivity index (χ1n) is 8.84. The minimum absolute atomic E-state index is 0.00890. The number of carbonyl (C=O) groups is 1. The van der Waals surface area contributed by atoms with E-state index in [0.29, 0.717) is 31.3 Å². The van der Waals surface area contributed by atoms with Crippen LogP contribution in [0, 0.1) is 0 Å². The van der Waals surface area contributed by atoms with Crippen molar-refractivity contribution in [3.63, 3.8) is 0 Å². The van der Waals surface area contributed by atoms with Crippen LogP contribution in [-0.2, 0) is 14.6 Å². The summed E-state index contributed by atoms with van der Waals surface area (Å²) in [6.45, 7) is 0.0205. The van der Waals surface area contributed by atoms with E-state index in [0.717, 1.165) is 0 Å². The molecule has 0 saturated carbocycles. The second-order valence-corrected chi connectivity index (χ2v) is 8.36. The number of sulfone groups is 1. The minimum atomic E-state index is -4.55. The molecule has 0 spiro atoms. The lowest BCUT2D eigenvalue weighted by molar-refractivity contribution is -0.153. The van der Waals surface area contributed by atoms with Crippen LogP contribution in [0.3, 0.4) is 0 Å². The third-order valence-corrected chi connectivity index (χ3v) is 5.61. The van der Waals surface area contributed by atoms with E-state index in [4.69, 9.17) is 10.5 Å². The van der Waals surface area contributed by atoms with Gasteiger partial charge in [-0.15, -0.1) is 0 Å². The van der Waals surface area contributed by atoms with Gasteiger partial charge in [0.05, 0.1) is 17.0 Å². The molecule has 1 amide bonds. The molecule has 6 nitrogen and oxygen atoms in total. The topological polar surface area (TPSA) is 98.5 Å². The number of unbranched alkanes of at least 4 members (excludes halogenated alkanes) is 2. The summed E-state index contributed by atoms with van der Waals surface area (Å²) < 4.78 is 78.3. The maximum Gasteiger partial charge on any atom is 0.397 e. The van der Waals surface area contributed by atoms with Gasteiger partial charge in [-0.05, 0) is 37.1 Å². The van der Waals surface area contributed by atoms with Crippen LogP contribution in [0.5, 0.6) is 5.75 Å². The Morgan fingerprint density at radius 1 is 1.14 bits per heavy atom. The summed E-state index contributed by atoms with van der Waals surface area (Å²) in [6, 6.07) is 5.66. The highest BCUT2D eigenvalue weighted by Gasteiger charge is 2.30. The minimum Gasteiger partial charge on any atom is -0.489 e. The molecule has 1 aromatic carbocycles. The summed E-state index contributed by atoms with van der Waals surface area (Å²) in [5, 5.41) is 2.15. The van der Waals surface area contributed by atoms with Gasteiger partial charge in [0.25, 0.3) is 0 Å². The van der Waals surface area contributed by atoms with Gasteiger partial charge in [-0.25, -0.2) is 12.8 Å². The molecule has 0 fully saturated rings. The quantitative estimate of drug-likeness (QED) is 0.385. The Morgan fingerprint density at radius 3 is 2.34 bits per heavy atom. The first-order valence-corrected chi connectivity index (χ1v) is 10.5. The number of nitrogens with one attached hydrogen (secondary N) is 1. The summed E-state index contributed by atoms with van der Waals surface area (Å²) in [6.07, 6.45) is -4.60. The van der Waals surface area contributed by atoms with E-state index in [9.17, 15) is 30.8 Å². The Hall–Kier alpha value is -2.14. The zero-order chi connectivity index (χ0) is 21.9. The predicted molar refractivity (Wildman–Crippen MR) is 99.8 cm³/mol. The molecule has 0 unspecified atom stereocenters. The molecule has 0 radical (unpaired) electrons. The second kappa shape index (κ2) is 11.8. The molecule has 1 rings (SSSR count). The van der Waals surface area contributed by atoms with E-state index >= 15 is 0 Å². The van der Waals surface area contributed by atoms with E-state index in [1.165, 1.54) is 24.3 Å². The lowest BCUT2D eigenvalue weighted by Crippen LogP contribution is -2.29. The van der Waals surface area contributed by atoms with E-state index in [-0.39, 0.29) is 35.9 Å². The summed E-state index contributed by atoms with van der Waals surface area (Å²) in [5.41, 5.74) is 5.57. The number of rotatable bonds is 12. The molecule has 0 aliphatic carbocycles. The molecule has 0 bridgehead atoms. The van der Waals surface area contributed by atoms with Crippen LogP contribution >= 0.6 is 0 Å². The van der Waals surface area contributed by atoms with Gasteiger partial charge in [0.15, 0.2) is 9.84 Å². The molecule has 3 N–H and O–H groups in total. The normalized spacial score (nSPS) is 12.7. The van der Waals surface area contributed by atoms with Crippen LogP contribution in [0.2, 0.25) is 0 Å². The van der Waals surface area contributed by atoms with Gasteiger partial charge >= 0.3 is 6.18 Å². The van der Waals surface area contributed by atoms with E-state index in [1.807, 2.05) is 0 Å². The average Bonchev–Trinajstić information content (AvgIpc) is 2.64. The highest BCUT2D eigenvalue weighted by atomic mass is 32.2. The summed E-state index contributed by atoms with van der Waals surface area (Å²) >= 11 is 0. The Kier molecular flexibility index (Phi) is 10.1. The van der Waals surface area contributed by atoms with Crippen LogP contribution in [-0.4, -0.2) is 46.0 Å². The zero-order valence-corrected chi connectivity index (χ0v) is 16.5. The van der Waals surface area contributed by atoms with Crippen molar-refractivity contribution in [3.05, 3.63) is 36.2 Å². The van der Waals surface area contributed by atoms with Crippen LogP contribution < -0.4 is 15.8 Å². The van der Waals surface area contributed by atoms with E-state index in [1.54, 1.807) is 0 Å². The third-order valence-electron chi connectivity index (χ3n) is 3.80. The van der Waals surface area contributed by atoms with Gasteiger partial charge in [-0.3, -0.25) is 4.79 Å². The maximum atomic E-state index is 12.4. The van der Waals surface area contributed by atoms with Crippen molar-refractivity contribution < 1.29 is 35.5 Å². The van der Waals surface area contributed by atoms with E-state index in [2.05, 4.69) is 5.32 Å². The van der Waals surface area contributed by atoms with Gasteiger partial charge in [0.2, 0.25) is 5.91 Å². The van der Waals surface area contributed by atoms with Crippen LogP contribution in [0.4, 0.5) is 17.6 Å². The Bertz CT molecular complexity index is 778. The maximum absolute atomic E-state index is 12.4. The first-order chi connectivity index (χ1) is 13.6. The molecule has 0 aliphatic rings. The van der Waals surface area contributed by atoms with Crippen molar-refractivity contribution >= 4 is 15.7 Å². The van der Waals surface area contributed by atoms with Crippen molar-refractivity contribution in [1.29, 1.82) is 0 Å². The first kappa shape index (κ1) is 24.9. The van der Waals surface area contributed by atoms with Crippen LogP contribution in [0.25, 0.3) is 0 Å². The fraction of sp³-hybridized carbons (Fsp3) is 0.500. The molecule has 0 atom stereocenters. The van der Waals surface area contributed by atoms with Crippen molar-refractivity contribution in [2.45, 2.75) is 36.8 Å².